The highest BCUT2D eigenvalue weighted by atomic mass is 16.6. The summed E-state index contributed by atoms with van der Waals surface area (Å²) in [5.41, 5.74) is -0.344. The van der Waals surface area contributed by atoms with Gasteiger partial charge in [0.15, 0.2) is 12.4 Å². The van der Waals surface area contributed by atoms with Crippen LogP contribution in [0.4, 0.5) is 4.79 Å². The van der Waals surface area contributed by atoms with Crippen molar-refractivity contribution in [1.29, 1.82) is 0 Å². The van der Waals surface area contributed by atoms with Gasteiger partial charge in [0.05, 0.1) is 18.7 Å². The van der Waals surface area contributed by atoms with Crippen molar-refractivity contribution >= 4 is 17.8 Å². The van der Waals surface area contributed by atoms with Gasteiger partial charge in [0.1, 0.15) is 17.1 Å². The molecule has 0 atom stereocenters. The van der Waals surface area contributed by atoms with Gasteiger partial charge >= 0.3 is 12.1 Å². The summed E-state index contributed by atoms with van der Waals surface area (Å²) in [6.45, 7) is 7.96. The Morgan fingerprint density at radius 2 is 1.85 bits per heavy atom. The van der Waals surface area contributed by atoms with Crippen LogP contribution in [0.3, 0.4) is 0 Å². The lowest BCUT2D eigenvalue weighted by Crippen LogP contribution is -2.35. The van der Waals surface area contributed by atoms with Crippen molar-refractivity contribution in [2.75, 3.05) is 19.8 Å². The summed E-state index contributed by atoms with van der Waals surface area (Å²) in [5.74, 6) is -1.05. The van der Waals surface area contributed by atoms with E-state index in [2.05, 4.69) is 5.32 Å². The molecule has 8 nitrogen and oxygen atoms in total. The smallest absolute Gasteiger partial charge is 0.408 e. The number of amides is 1. The highest BCUT2D eigenvalue weighted by molar-refractivity contribution is 6.01. The molecule has 144 valence electrons. The van der Waals surface area contributed by atoms with Crippen molar-refractivity contribution in [2.45, 2.75) is 40.2 Å². The first-order valence-corrected chi connectivity index (χ1v) is 8.16. The summed E-state index contributed by atoms with van der Waals surface area (Å²) in [7, 11) is 0. The summed E-state index contributed by atoms with van der Waals surface area (Å²) >= 11 is 0. The Hall–Kier alpha value is -2.77. The molecule has 0 aliphatic rings. The van der Waals surface area contributed by atoms with Crippen molar-refractivity contribution in [3.63, 3.8) is 0 Å². The normalized spacial score (nSPS) is 10.8. The molecule has 0 aliphatic carbocycles. The van der Waals surface area contributed by atoms with E-state index >= 15 is 0 Å². The highest BCUT2D eigenvalue weighted by Crippen LogP contribution is 2.30. The van der Waals surface area contributed by atoms with Gasteiger partial charge in [-0.2, -0.15) is 0 Å². The number of carbonyl (C=O) groups is 3. The maximum absolute atomic E-state index is 12.2. The minimum atomic E-state index is -0.726. The first kappa shape index (κ1) is 21.3. The van der Waals surface area contributed by atoms with Crippen LogP contribution in [0.1, 0.15) is 43.6 Å². The number of ketones is 1. The highest BCUT2D eigenvalue weighted by Gasteiger charge is 2.20. The number of esters is 1. The number of ether oxygens (including phenoxy) is 3. The van der Waals surface area contributed by atoms with Crippen LogP contribution >= 0.6 is 0 Å². The number of hydrogen-bond donors (Lipinski definition) is 2. The standard InChI is InChI=1S/C18H25NO7/c1-6-24-15(21)10-25-14-8-7-12(16(22)11(14)2)13(20)9-19-17(23)26-18(3,4)5/h7-8,22H,6,9-10H2,1-5H3,(H,19,23). The number of aromatic hydroxyl groups is 1. The van der Waals surface area contributed by atoms with E-state index in [1.54, 1.807) is 34.6 Å². The third-order valence-corrected chi connectivity index (χ3v) is 3.12. The lowest BCUT2D eigenvalue weighted by atomic mass is 10.0. The molecule has 26 heavy (non-hydrogen) atoms. The van der Waals surface area contributed by atoms with Crippen LogP contribution < -0.4 is 10.1 Å². The first-order valence-electron chi connectivity index (χ1n) is 8.16. The molecule has 0 spiro atoms. The maximum Gasteiger partial charge on any atom is 0.408 e. The van der Waals surface area contributed by atoms with Gasteiger partial charge in [-0.3, -0.25) is 4.79 Å². The van der Waals surface area contributed by atoms with E-state index in [4.69, 9.17) is 14.2 Å². The Kier molecular flexibility index (Phi) is 7.42. The average molecular weight is 367 g/mol. The molecule has 0 radical (unpaired) electrons. The predicted molar refractivity (Wildman–Crippen MR) is 93.5 cm³/mol. The Labute approximate surface area is 152 Å². The van der Waals surface area contributed by atoms with Gasteiger partial charge in [-0.25, -0.2) is 9.59 Å². The molecule has 1 aromatic carbocycles. The number of rotatable bonds is 7. The third kappa shape index (κ3) is 6.62. The van der Waals surface area contributed by atoms with Crippen molar-refractivity contribution in [3.05, 3.63) is 23.3 Å². The minimum Gasteiger partial charge on any atom is -0.507 e. The van der Waals surface area contributed by atoms with E-state index in [-0.39, 0.29) is 36.8 Å². The first-order chi connectivity index (χ1) is 12.0. The second-order valence-electron chi connectivity index (χ2n) is 6.46. The zero-order chi connectivity index (χ0) is 19.9. The Morgan fingerprint density at radius 3 is 2.42 bits per heavy atom. The molecule has 0 aliphatic heterocycles. The molecular weight excluding hydrogens is 342 g/mol. The average Bonchev–Trinajstić information content (AvgIpc) is 2.52. The number of phenols is 1. The van der Waals surface area contributed by atoms with Gasteiger partial charge in [0, 0.05) is 5.56 Å². The molecular formula is C18H25NO7. The second-order valence-corrected chi connectivity index (χ2v) is 6.46. The topological polar surface area (TPSA) is 111 Å². The molecule has 2 N–H and O–H groups in total. The van der Waals surface area contributed by atoms with E-state index in [1.807, 2.05) is 0 Å². The Balaban J connectivity index is 2.73. The summed E-state index contributed by atoms with van der Waals surface area (Å²) in [6, 6.07) is 2.83. The van der Waals surface area contributed by atoms with Gasteiger partial charge in [-0.15, -0.1) is 0 Å². The number of carbonyl (C=O) groups excluding carboxylic acids is 3. The number of Topliss-reactive ketones (excluding diaryl/α,β-unsaturated/α-hetero) is 1. The van der Waals surface area contributed by atoms with E-state index in [1.165, 1.54) is 12.1 Å². The number of hydrogen-bond acceptors (Lipinski definition) is 7. The third-order valence-electron chi connectivity index (χ3n) is 3.12. The van der Waals surface area contributed by atoms with E-state index in [0.29, 0.717) is 5.56 Å². The fraction of sp³-hybridized carbons (Fsp3) is 0.500. The van der Waals surface area contributed by atoms with Gasteiger partial charge < -0.3 is 24.6 Å². The fourth-order valence-corrected chi connectivity index (χ4v) is 1.96. The zero-order valence-corrected chi connectivity index (χ0v) is 15.7. The molecule has 1 aromatic rings. The Bertz CT molecular complexity index is 677. The van der Waals surface area contributed by atoms with E-state index in [0.717, 1.165) is 0 Å². The van der Waals surface area contributed by atoms with Crippen LogP contribution in [0.2, 0.25) is 0 Å². The number of phenolic OH excluding ortho intramolecular Hbond substituents is 1. The molecule has 1 amide bonds. The van der Waals surface area contributed by atoms with Gasteiger partial charge in [-0.1, -0.05) is 0 Å². The fourth-order valence-electron chi connectivity index (χ4n) is 1.96. The van der Waals surface area contributed by atoms with Crippen molar-refractivity contribution in [3.8, 4) is 11.5 Å². The largest absolute Gasteiger partial charge is 0.507 e. The predicted octanol–water partition coefficient (Wildman–Crippen LogP) is 2.35. The number of benzene rings is 1. The van der Waals surface area contributed by atoms with E-state index in [9.17, 15) is 19.5 Å². The molecule has 0 saturated carbocycles. The van der Waals surface area contributed by atoms with Gasteiger partial charge in [0.25, 0.3) is 0 Å². The molecule has 0 heterocycles. The number of nitrogens with one attached hydrogen (secondary N) is 1. The maximum atomic E-state index is 12.2. The summed E-state index contributed by atoms with van der Waals surface area (Å²) < 4.78 is 15.1. The molecule has 1 rings (SSSR count). The number of alkyl carbamates (subject to hydrolysis) is 1. The van der Waals surface area contributed by atoms with Crippen molar-refractivity contribution in [2.24, 2.45) is 0 Å². The van der Waals surface area contributed by atoms with Gasteiger partial charge in [0.2, 0.25) is 0 Å². The molecule has 0 unspecified atom stereocenters. The molecule has 0 fully saturated rings. The second kappa shape index (κ2) is 9.07. The zero-order valence-electron chi connectivity index (χ0n) is 15.7. The molecule has 8 heteroatoms. The Morgan fingerprint density at radius 1 is 1.19 bits per heavy atom. The van der Waals surface area contributed by atoms with Crippen molar-refractivity contribution < 1.29 is 33.7 Å². The monoisotopic (exact) mass is 367 g/mol. The molecule has 0 bridgehead atoms. The SMILES string of the molecule is CCOC(=O)COc1ccc(C(=O)CNC(=O)OC(C)(C)C)c(O)c1C. The summed E-state index contributed by atoms with van der Waals surface area (Å²) in [4.78, 5) is 35.1. The van der Waals surface area contributed by atoms with Gasteiger partial charge in [-0.05, 0) is 46.8 Å². The van der Waals surface area contributed by atoms with Crippen LogP contribution in [0.5, 0.6) is 11.5 Å². The lowest BCUT2D eigenvalue weighted by Gasteiger charge is -2.19. The van der Waals surface area contributed by atoms with Crippen LogP contribution in [-0.4, -0.2) is 48.3 Å². The van der Waals surface area contributed by atoms with Crippen LogP contribution in [0, 0.1) is 6.92 Å². The van der Waals surface area contributed by atoms with Crippen molar-refractivity contribution in [1.82, 2.24) is 5.32 Å². The van der Waals surface area contributed by atoms with Crippen LogP contribution in [-0.2, 0) is 14.3 Å². The van der Waals surface area contributed by atoms with Crippen LogP contribution in [0.25, 0.3) is 0 Å². The quantitative estimate of drug-likeness (QED) is 0.562. The molecule has 0 saturated heterocycles. The summed E-state index contributed by atoms with van der Waals surface area (Å²) in [6.07, 6.45) is -0.726. The lowest BCUT2D eigenvalue weighted by molar-refractivity contribution is -0.145. The molecule has 0 aromatic heterocycles. The summed E-state index contributed by atoms with van der Waals surface area (Å²) in [5, 5.41) is 12.5. The minimum absolute atomic E-state index is 0.0297. The van der Waals surface area contributed by atoms with E-state index < -0.39 is 23.4 Å². The van der Waals surface area contributed by atoms with Crippen LogP contribution in [0.15, 0.2) is 12.1 Å².